The predicted molar refractivity (Wildman–Crippen MR) is 154 cm³/mol. The first-order chi connectivity index (χ1) is 20.4. The van der Waals surface area contributed by atoms with E-state index in [4.69, 9.17) is 14.5 Å². The van der Waals surface area contributed by atoms with Gasteiger partial charge in [0.1, 0.15) is 23.7 Å². The third kappa shape index (κ3) is 4.32. The van der Waals surface area contributed by atoms with Crippen molar-refractivity contribution in [3.8, 4) is 5.75 Å². The number of benzene rings is 2. The second-order valence-corrected chi connectivity index (χ2v) is 12.3. The van der Waals surface area contributed by atoms with Crippen LogP contribution in [0.5, 0.6) is 5.75 Å². The molecule has 6 heterocycles. The summed E-state index contributed by atoms with van der Waals surface area (Å²) < 4.78 is 11.8. The summed E-state index contributed by atoms with van der Waals surface area (Å²) in [6.07, 6.45) is 2.78. The van der Waals surface area contributed by atoms with Crippen LogP contribution in [0.25, 0.3) is 10.9 Å². The number of likely N-dealkylation sites (tertiary alicyclic amines) is 1. The van der Waals surface area contributed by atoms with Crippen molar-refractivity contribution >= 4 is 34.4 Å². The summed E-state index contributed by atoms with van der Waals surface area (Å²) in [6.45, 7) is 5.63. The molecule has 0 radical (unpaired) electrons. The topological polar surface area (TPSA) is 104 Å². The van der Waals surface area contributed by atoms with Crippen LogP contribution < -0.4 is 15.0 Å². The number of ether oxygens (including phenoxy) is 2. The molecule has 5 aliphatic rings. The van der Waals surface area contributed by atoms with Gasteiger partial charge >= 0.3 is 0 Å². The Morgan fingerprint density at radius 2 is 1.93 bits per heavy atom. The largest absolute Gasteiger partial charge is 0.489 e. The maximum Gasteiger partial charge on any atom is 0.255 e. The number of piperidine rings is 1. The van der Waals surface area contributed by atoms with Crippen molar-refractivity contribution in [1.29, 1.82) is 0 Å². The average Bonchev–Trinajstić information content (AvgIpc) is 3.50. The van der Waals surface area contributed by atoms with Gasteiger partial charge in [-0.15, -0.1) is 0 Å². The van der Waals surface area contributed by atoms with Crippen molar-refractivity contribution in [3.05, 3.63) is 65.2 Å². The number of imide groups is 1. The normalized spacial score (nSPS) is 25.0. The molecule has 8 rings (SSSR count). The lowest BCUT2D eigenvalue weighted by atomic mass is 9.83. The van der Waals surface area contributed by atoms with Crippen LogP contribution in [0, 0.1) is 0 Å². The molecule has 1 N–H and O–H groups in total. The van der Waals surface area contributed by atoms with Gasteiger partial charge in [0.25, 0.3) is 5.91 Å². The molecule has 4 saturated heterocycles. The van der Waals surface area contributed by atoms with Crippen molar-refractivity contribution in [2.75, 3.05) is 37.7 Å². The second-order valence-electron chi connectivity index (χ2n) is 12.3. The fraction of sp³-hybridized carbons (Fsp3) is 0.438. The lowest BCUT2D eigenvalue weighted by Gasteiger charge is -2.58. The molecule has 3 amide bonds. The van der Waals surface area contributed by atoms with Crippen molar-refractivity contribution in [2.45, 2.75) is 56.5 Å². The van der Waals surface area contributed by atoms with E-state index >= 15 is 0 Å². The van der Waals surface area contributed by atoms with E-state index in [1.807, 2.05) is 12.1 Å². The number of nitrogens with zero attached hydrogens (tertiary/aromatic N) is 4. The molecule has 2 atom stereocenters. The first-order valence-corrected chi connectivity index (χ1v) is 14.9. The highest BCUT2D eigenvalue weighted by atomic mass is 16.5. The summed E-state index contributed by atoms with van der Waals surface area (Å²) in [6, 6.07) is 15.8. The Labute approximate surface area is 243 Å². The van der Waals surface area contributed by atoms with Gasteiger partial charge in [-0.1, -0.05) is 6.07 Å². The first kappa shape index (κ1) is 25.7. The van der Waals surface area contributed by atoms with Crippen LogP contribution in [0.1, 0.15) is 47.2 Å². The number of hydrogen-bond donors (Lipinski definition) is 1. The maximum absolute atomic E-state index is 13.0. The van der Waals surface area contributed by atoms with Gasteiger partial charge in [0.15, 0.2) is 0 Å². The summed E-state index contributed by atoms with van der Waals surface area (Å²) in [5, 5.41) is 3.51. The maximum atomic E-state index is 13.0. The standard InChI is InChI=1S/C32H33N5O5/c38-29-8-6-27(30(39)34-29)36-16-22-14-23(3-4-25(22)31(36)40)42-24-9-11-35(17-24)15-20-1-5-26-21(13-20)2-7-28(33-26)37-12-10-32(37)18-41-19-32/h1-5,7,13-14,24,27H,6,8-12,15-19H2,(H,34,38,39)/t24-,27?/m0/s1. The number of aromatic nitrogens is 1. The molecular weight excluding hydrogens is 534 g/mol. The minimum atomic E-state index is -0.613. The third-order valence-electron chi connectivity index (χ3n) is 9.56. The van der Waals surface area contributed by atoms with Gasteiger partial charge < -0.3 is 19.3 Å². The van der Waals surface area contributed by atoms with E-state index in [9.17, 15) is 14.4 Å². The fourth-order valence-corrected chi connectivity index (χ4v) is 7.06. The molecule has 0 bridgehead atoms. The number of fused-ring (bicyclic) bond motifs is 2. The number of carbonyl (C=O) groups is 3. The molecule has 1 spiro atoms. The van der Waals surface area contributed by atoms with Crippen molar-refractivity contribution in [2.24, 2.45) is 0 Å². The van der Waals surface area contributed by atoms with Crippen molar-refractivity contribution < 1.29 is 23.9 Å². The predicted octanol–water partition coefficient (Wildman–Crippen LogP) is 2.63. The number of carbonyl (C=O) groups excluding carboxylic acids is 3. The number of nitrogens with one attached hydrogen (secondary N) is 1. The summed E-state index contributed by atoms with van der Waals surface area (Å²) in [7, 11) is 0. The smallest absolute Gasteiger partial charge is 0.255 e. The molecule has 2 aromatic carbocycles. The Kier molecular flexibility index (Phi) is 5.98. The molecule has 0 aliphatic carbocycles. The van der Waals surface area contributed by atoms with E-state index in [1.54, 1.807) is 11.0 Å². The van der Waals surface area contributed by atoms with E-state index in [0.29, 0.717) is 18.5 Å². The van der Waals surface area contributed by atoms with Crippen LogP contribution in [0.4, 0.5) is 5.82 Å². The Morgan fingerprint density at radius 3 is 2.71 bits per heavy atom. The molecule has 4 fully saturated rings. The molecule has 42 heavy (non-hydrogen) atoms. The minimum Gasteiger partial charge on any atom is -0.489 e. The van der Waals surface area contributed by atoms with Crippen LogP contribution in [0.2, 0.25) is 0 Å². The van der Waals surface area contributed by atoms with Crippen LogP contribution in [-0.2, 0) is 27.4 Å². The van der Waals surface area contributed by atoms with Crippen LogP contribution in [0.3, 0.4) is 0 Å². The average molecular weight is 568 g/mol. The van der Waals surface area contributed by atoms with Gasteiger partial charge in [-0.25, -0.2) is 4.98 Å². The van der Waals surface area contributed by atoms with Gasteiger partial charge in [0.05, 0.1) is 24.3 Å². The minimum absolute atomic E-state index is 0.0652. The van der Waals surface area contributed by atoms with Gasteiger partial charge in [0.2, 0.25) is 11.8 Å². The zero-order valence-corrected chi connectivity index (χ0v) is 23.4. The lowest BCUT2D eigenvalue weighted by molar-refractivity contribution is -0.136. The lowest BCUT2D eigenvalue weighted by Crippen LogP contribution is -2.71. The van der Waals surface area contributed by atoms with Gasteiger partial charge in [-0.3, -0.25) is 24.6 Å². The van der Waals surface area contributed by atoms with E-state index in [1.165, 1.54) is 12.0 Å². The van der Waals surface area contributed by atoms with Crippen LogP contribution >= 0.6 is 0 Å². The van der Waals surface area contributed by atoms with Gasteiger partial charge in [-0.05, 0) is 72.9 Å². The molecule has 10 heteroatoms. The molecule has 3 aromatic rings. The van der Waals surface area contributed by atoms with Crippen LogP contribution in [0.15, 0.2) is 48.5 Å². The highest BCUT2D eigenvalue weighted by Crippen LogP contribution is 2.40. The second kappa shape index (κ2) is 9.78. The quantitative estimate of drug-likeness (QED) is 0.454. The Hall–Kier alpha value is -4.02. The van der Waals surface area contributed by atoms with Crippen molar-refractivity contribution in [3.63, 3.8) is 0 Å². The number of anilines is 1. The molecular formula is C32H33N5O5. The Bertz CT molecular complexity index is 1610. The van der Waals surface area contributed by atoms with Crippen LogP contribution in [-0.4, -0.2) is 83.0 Å². The molecule has 216 valence electrons. The van der Waals surface area contributed by atoms with E-state index < -0.39 is 11.9 Å². The zero-order valence-electron chi connectivity index (χ0n) is 23.4. The number of hydrogen-bond acceptors (Lipinski definition) is 8. The SMILES string of the molecule is O=C1CCC(N2Cc3cc(O[C@H]4CCN(Cc5ccc6nc(N7CCC78COC8)ccc6c5)C4)ccc3C2=O)C(=O)N1. The van der Waals surface area contributed by atoms with Gasteiger partial charge in [-0.2, -0.15) is 0 Å². The summed E-state index contributed by atoms with van der Waals surface area (Å²) >= 11 is 0. The number of amides is 3. The molecule has 1 aromatic heterocycles. The zero-order chi connectivity index (χ0) is 28.4. The van der Waals surface area contributed by atoms with Crippen molar-refractivity contribution in [1.82, 2.24) is 20.1 Å². The molecule has 5 aliphatic heterocycles. The number of pyridine rings is 1. The van der Waals surface area contributed by atoms with E-state index in [-0.39, 0.29) is 29.9 Å². The first-order valence-electron chi connectivity index (χ1n) is 14.9. The van der Waals surface area contributed by atoms with Gasteiger partial charge in [0, 0.05) is 50.1 Å². The highest BCUT2D eigenvalue weighted by molar-refractivity contribution is 6.05. The van der Waals surface area contributed by atoms with E-state index in [2.05, 4.69) is 45.4 Å². The third-order valence-corrected chi connectivity index (χ3v) is 9.56. The molecule has 0 saturated carbocycles. The summed E-state index contributed by atoms with van der Waals surface area (Å²) in [5.74, 6) is 0.935. The highest BCUT2D eigenvalue weighted by Gasteiger charge is 2.51. The monoisotopic (exact) mass is 567 g/mol. The fourth-order valence-electron chi connectivity index (χ4n) is 7.06. The molecule has 10 nitrogen and oxygen atoms in total. The summed E-state index contributed by atoms with van der Waals surface area (Å²) in [4.78, 5) is 48.2. The molecule has 1 unspecified atom stereocenters. The summed E-state index contributed by atoms with van der Waals surface area (Å²) in [5.41, 5.74) is 3.92. The number of rotatable bonds is 6. The van der Waals surface area contributed by atoms with E-state index in [0.717, 1.165) is 73.8 Å². The Balaban J connectivity index is 0.886. The Morgan fingerprint density at radius 1 is 1.02 bits per heavy atom.